The van der Waals surface area contributed by atoms with E-state index in [-0.39, 0.29) is 18.6 Å². The molecule has 0 amide bonds. The SMILES string of the molecule is CP(=O)(O)Cc1ccccc1N.Cl. The molecule has 0 radical (unpaired) electrons. The van der Waals surface area contributed by atoms with Crippen molar-refractivity contribution in [1.29, 1.82) is 0 Å². The Kier molecular flexibility index (Phi) is 4.48. The maximum Gasteiger partial charge on any atom is 0.202 e. The zero-order valence-corrected chi connectivity index (χ0v) is 9.02. The van der Waals surface area contributed by atoms with Crippen LogP contribution in [0.1, 0.15) is 5.56 Å². The molecule has 5 heteroatoms. The van der Waals surface area contributed by atoms with Crippen LogP contribution in [0.4, 0.5) is 5.69 Å². The summed E-state index contributed by atoms with van der Waals surface area (Å²) in [6.07, 6.45) is 0.152. The molecule has 0 spiro atoms. The van der Waals surface area contributed by atoms with Gasteiger partial charge in [0, 0.05) is 12.4 Å². The van der Waals surface area contributed by atoms with Crippen LogP contribution < -0.4 is 5.73 Å². The Hall–Kier alpha value is -0.500. The van der Waals surface area contributed by atoms with Crippen molar-refractivity contribution in [1.82, 2.24) is 0 Å². The van der Waals surface area contributed by atoms with E-state index in [1.165, 1.54) is 6.66 Å². The van der Waals surface area contributed by atoms with E-state index in [2.05, 4.69) is 0 Å². The summed E-state index contributed by atoms with van der Waals surface area (Å²) in [5.74, 6) is 0. The van der Waals surface area contributed by atoms with Gasteiger partial charge in [0.05, 0.1) is 6.16 Å². The van der Waals surface area contributed by atoms with E-state index in [1.54, 1.807) is 24.3 Å². The largest absolute Gasteiger partial charge is 0.398 e. The van der Waals surface area contributed by atoms with Crippen LogP contribution in [0.25, 0.3) is 0 Å². The number of rotatable bonds is 2. The van der Waals surface area contributed by atoms with Crippen molar-refractivity contribution in [3.8, 4) is 0 Å². The van der Waals surface area contributed by atoms with E-state index < -0.39 is 7.37 Å². The van der Waals surface area contributed by atoms with Gasteiger partial charge in [0.2, 0.25) is 7.37 Å². The highest BCUT2D eigenvalue weighted by Gasteiger charge is 2.11. The maximum atomic E-state index is 11.0. The number of hydrogen-bond acceptors (Lipinski definition) is 2. The summed E-state index contributed by atoms with van der Waals surface area (Å²) >= 11 is 0. The van der Waals surface area contributed by atoms with Gasteiger partial charge in [-0.3, -0.25) is 4.57 Å². The summed E-state index contributed by atoms with van der Waals surface area (Å²) in [6.45, 7) is 1.33. The first kappa shape index (κ1) is 12.5. The molecule has 0 saturated heterocycles. The van der Waals surface area contributed by atoms with Crippen molar-refractivity contribution < 1.29 is 9.46 Å². The van der Waals surface area contributed by atoms with Crippen LogP contribution in [0.5, 0.6) is 0 Å². The highest BCUT2D eigenvalue weighted by molar-refractivity contribution is 7.56. The van der Waals surface area contributed by atoms with Gasteiger partial charge in [-0.1, -0.05) is 18.2 Å². The predicted octanol–water partition coefficient (Wildman–Crippen LogP) is 2.09. The Morgan fingerprint density at radius 2 is 2.00 bits per heavy atom. The molecule has 0 bridgehead atoms. The topological polar surface area (TPSA) is 63.3 Å². The second-order valence-corrected chi connectivity index (χ2v) is 5.33. The van der Waals surface area contributed by atoms with Gasteiger partial charge in [0.25, 0.3) is 0 Å². The van der Waals surface area contributed by atoms with Crippen LogP contribution in [0.2, 0.25) is 0 Å². The fourth-order valence-electron chi connectivity index (χ4n) is 0.994. The summed E-state index contributed by atoms with van der Waals surface area (Å²) in [7, 11) is -2.99. The lowest BCUT2D eigenvalue weighted by Gasteiger charge is -2.07. The maximum absolute atomic E-state index is 11.0. The molecular weight excluding hydrogens is 209 g/mol. The molecule has 13 heavy (non-hydrogen) atoms. The van der Waals surface area contributed by atoms with Gasteiger partial charge in [-0.2, -0.15) is 0 Å². The molecule has 0 aliphatic heterocycles. The molecule has 74 valence electrons. The van der Waals surface area contributed by atoms with Gasteiger partial charge in [0.15, 0.2) is 0 Å². The monoisotopic (exact) mass is 221 g/mol. The van der Waals surface area contributed by atoms with Crippen LogP contribution in [-0.2, 0) is 10.7 Å². The van der Waals surface area contributed by atoms with Crippen LogP contribution in [0.3, 0.4) is 0 Å². The number of hydrogen-bond donors (Lipinski definition) is 2. The minimum Gasteiger partial charge on any atom is -0.398 e. The third kappa shape index (κ3) is 4.32. The average Bonchev–Trinajstić information content (AvgIpc) is 1.91. The smallest absolute Gasteiger partial charge is 0.202 e. The zero-order chi connectivity index (χ0) is 9.19. The van der Waals surface area contributed by atoms with E-state index >= 15 is 0 Å². The van der Waals surface area contributed by atoms with Crippen LogP contribution in [0, 0.1) is 0 Å². The summed E-state index contributed by atoms with van der Waals surface area (Å²) in [6, 6.07) is 7.10. The van der Waals surface area contributed by atoms with Gasteiger partial charge in [0.1, 0.15) is 0 Å². The standard InChI is InChI=1S/C8H12NO2P.ClH/c1-12(10,11)6-7-4-2-3-5-8(7)9;/h2-5H,6,9H2,1H3,(H,10,11);1H. The highest BCUT2D eigenvalue weighted by atomic mass is 35.5. The summed E-state index contributed by atoms with van der Waals surface area (Å²) in [5.41, 5.74) is 6.91. The quantitative estimate of drug-likeness (QED) is 0.594. The lowest BCUT2D eigenvalue weighted by Crippen LogP contribution is -1.93. The van der Waals surface area contributed by atoms with Gasteiger partial charge < -0.3 is 10.6 Å². The summed E-state index contributed by atoms with van der Waals surface area (Å²) < 4.78 is 11.0. The Balaban J connectivity index is 0.00000144. The summed E-state index contributed by atoms with van der Waals surface area (Å²) in [5, 5.41) is 0. The number of nitrogens with two attached hydrogens (primary N) is 1. The molecular formula is C8H13ClNO2P. The molecule has 0 heterocycles. The van der Waals surface area contributed by atoms with E-state index in [0.717, 1.165) is 5.56 Å². The summed E-state index contributed by atoms with van der Waals surface area (Å²) in [4.78, 5) is 9.10. The Morgan fingerprint density at radius 3 is 2.46 bits per heavy atom. The number of halogens is 1. The lowest BCUT2D eigenvalue weighted by atomic mass is 10.2. The normalized spacial score (nSPS) is 14.3. The molecule has 0 saturated carbocycles. The van der Waals surface area contributed by atoms with Gasteiger partial charge in [-0.05, 0) is 11.6 Å². The minimum absolute atomic E-state index is 0. The third-order valence-electron chi connectivity index (χ3n) is 1.52. The fraction of sp³-hybridized carbons (Fsp3) is 0.250. The minimum atomic E-state index is -2.99. The molecule has 0 fully saturated rings. The van der Waals surface area contributed by atoms with Crippen LogP contribution >= 0.6 is 19.8 Å². The molecule has 1 aromatic rings. The zero-order valence-electron chi connectivity index (χ0n) is 7.30. The lowest BCUT2D eigenvalue weighted by molar-refractivity contribution is 0.484. The first-order valence-electron chi connectivity index (χ1n) is 3.62. The van der Waals surface area contributed by atoms with Crippen molar-refractivity contribution in [2.75, 3.05) is 12.4 Å². The average molecular weight is 222 g/mol. The van der Waals surface area contributed by atoms with Gasteiger partial charge >= 0.3 is 0 Å². The van der Waals surface area contributed by atoms with Crippen molar-refractivity contribution in [2.24, 2.45) is 0 Å². The second-order valence-electron chi connectivity index (χ2n) is 2.91. The molecule has 3 nitrogen and oxygen atoms in total. The predicted molar refractivity (Wildman–Crippen MR) is 57.6 cm³/mol. The molecule has 0 aliphatic rings. The molecule has 0 aromatic heterocycles. The molecule has 1 rings (SSSR count). The molecule has 1 unspecified atom stereocenters. The molecule has 0 aliphatic carbocycles. The first-order valence-corrected chi connectivity index (χ1v) is 5.91. The van der Waals surface area contributed by atoms with E-state index in [0.29, 0.717) is 5.69 Å². The number of nitrogen functional groups attached to an aromatic ring is 1. The number of anilines is 1. The Morgan fingerprint density at radius 1 is 1.46 bits per heavy atom. The van der Waals surface area contributed by atoms with Gasteiger partial charge in [-0.25, -0.2) is 0 Å². The van der Waals surface area contributed by atoms with Gasteiger partial charge in [-0.15, -0.1) is 12.4 Å². The highest BCUT2D eigenvalue weighted by Crippen LogP contribution is 2.40. The Bertz CT molecular complexity index is 324. The van der Waals surface area contributed by atoms with Crippen molar-refractivity contribution in [2.45, 2.75) is 6.16 Å². The first-order chi connectivity index (χ1) is 5.49. The molecule has 1 aromatic carbocycles. The van der Waals surface area contributed by atoms with Crippen molar-refractivity contribution >= 4 is 25.5 Å². The van der Waals surface area contributed by atoms with E-state index in [4.69, 9.17) is 10.6 Å². The van der Waals surface area contributed by atoms with E-state index in [1.807, 2.05) is 0 Å². The van der Waals surface area contributed by atoms with E-state index in [9.17, 15) is 4.57 Å². The van der Waals surface area contributed by atoms with Crippen LogP contribution in [-0.4, -0.2) is 11.6 Å². The van der Waals surface area contributed by atoms with Crippen molar-refractivity contribution in [3.63, 3.8) is 0 Å². The number of para-hydroxylation sites is 1. The third-order valence-corrected chi connectivity index (χ3v) is 2.45. The molecule has 3 N–H and O–H groups in total. The Labute approximate surface area is 83.8 Å². The van der Waals surface area contributed by atoms with Crippen LogP contribution in [0.15, 0.2) is 24.3 Å². The fourth-order valence-corrected chi connectivity index (χ4v) is 1.91. The second kappa shape index (κ2) is 4.66. The van der Waals surface area contributed by atoms with Crippen molar-refractivity contribution in [3.05, 3.63) is 29.8 Å². The molecule has 1 atom stereocenters. The number of benzene rings is 1.